The van der Waals surface area contributed by atoms with Crippen LogP contribution < -0.4 is 11.1 Å². The fourth-order valence-electron chi connectivity index (χ4n) is 1.71. The Morgan fingerprint density at radius 3 is 2.70 bits per heavy atom. The van der Waals surface area contributed by atoms with Crippen LogP contribution in [0.15, 0.2) is 34.8 Å². The molecule has 0 aliphatic carbocycles. The van der Waals surface area contributed by atoms with Crippen molar-refractivity contribution < 1.29 is 9.18 Å². The van der Waals surface area contributed by atoms with E-state index in [9.17, 15) is 9.18 Å². The Hall–Kier alpha value is -1.59. The first kappa shape index (κ1) is 14.8. The fourth-order valence-corrected chi connectivity index (χ4v) is 2.23. The summed E-state index contributed by atoms with van der Waals surface area (Å²) in [4.78, 5) is 12.2. The van der Waals surface area contributed by atoms with Crippen LogP contribution in [0.25, 0.3) is 0 Å². The first-order valence-electron chi connectivity index (χ1n) is 5.70. The third-order valence-electron chi connectivity index (χ3n) is 2.77. The number of anilines is 2. The highest BCUT2D eigenvalue weighted by atomic mass is 79.9. The number of aryl methyl sites for hydroxylation is 1. The van der Waals surface area contributed by atoms with E-state index in [4.69, 9.17) is 17.3 Å². The molecule has 0 aliphatic heterocycles. The Kier molecular flexibility index (Phi) is 4.30. The van der Waals surface area contributed by atoms with Gasteiger partial charge < -0.3 is 11.1 Å². The monoisotopic (exact) mass is 356 g/mol. The molecule has 6 heteroatoms. The first-order chi connectivity index (χ1) is 9.38. The molecular formula is C14H11BrClFN2O. The van der Waals surface area contributed by atoms with Gasteiger partial charge in [-0.3, -0.25) is 4.79 Å². The van der Waals surface area contributed by atoms with E-state index < -0.39 is 0 Å². The van der Waals surface area contributed by atoms with E-state index in [0.717, 1.165) is 0 Å². The molecule has 3 N–H and O–H groups in total. The molecule has 0 aliphatic rings. The second-order valence-corrected chi connectivity index (χ2v) is 5.56. The van der Waals surface area contributed by atoms with E-state index in [-0.39, 0.29) is 21.9 Å². The summed E-state index contributed by atoms with van der Waals surface area (Å²) in [7, 11) is 0. The van der Waals surface area contributed by atoms with Crippen LogP contribution in [0.2, 0.25) is 5.02 Å². The van der Waals surface area contributed by atoms with Crippen molar-refractivity contribution in [3.05, 3.63) is 56.8 Å². The molecule has 0 spiro atoms. The number of nitrogens with one attached hydrogen (secondary N) is 1. The van der Waals surface area contributed by atoms with Crippen LogP contribution in [0.3, 0.4) is 0 Å². The molecule has 0 radical (unpaired) electrons. The zero-order chi connectivity index (χ0) is 14.9. The average molecular weight is 358 g/mol. The smallest absolute Gasteiger partial charge is 0.257 e. The molecule has 0 aromatic heterocycles. The fraction of sp³-hybridized carbons (Fsp3) is 0.0714. The molecule has 0 saturated carbocycles. The van der Waals surface area contributed by atoms with Gasteiger partial charge in [0.25, 0.3) is 5.91 Å². The van der Waals surface area contributed by atoms with E-state index in [2.05, 4.69) is 21.2 Å². The molecule has 1 amide bonds. The summed E-state index contributed by atoms with van der Waals surface area (Å²) in [6.07, 6.45) is 0. The van der Waals surface area contributed by atoms with Gasteiger partial charge in [-0.1, -0.05) is 11.6 Å². The van der Waals surface area contributed by atoms with Crippen LogP contribution in [0.1, 0.15) is 15.9 Å². The van der Waals surface area contributed by atoms with Crippen LogP contribution >= 0.6 is 27.5 Å². The minimum absolute atomic E-state index is 0.280. The molecule has 2 rings (SSSR count). The maximum atomic E-state index is 13.3. The van der Waals surface area contributed by atoms with Gasteiger partial charge in [-0.2, -0.15) is 0 Å². The van der Waals surface area contributed by atoms with Gasteiger partial charge in [0.15, 0.2) is 0 Å². The second-order valence-electron chi connectivity index (χ2n) is 4.27. The van der Waals surface area contributed by atoms with E-state index in [1.54, 1.807) is 19.1 Å². The minimum Gasteiger partial charge on any atom is -0.398 e. The molecule has 0 unspecified atom stereocenters. The third kappa shape index (κ3) is 3.11. The van der Waals surface area contributed by atoms with Crippen molar-refractivity contribution in [2.24, 2.45) is 0 Å². The summed E-state index contributed by atoms with van der Waals surface area (Å²) < 4.78 is 13.6. The topological polar surface area (TPSA) is 55.1 Å². The predicted octanol–water partition coefficient (Wildman–Crippen LogP) is 4.38. The molecule has 0 saturated heterocycles. The highest BCUT2D eigenvalue weighted by molar-refractivity contribution is 9.10. The van der Waals surface area contributed by atoms with Crippen molar-refractivity contribution in [3.8, 4) is 0 Å². The van der Waals surface area contributed by atoms with Gasteiger partial charge in [-0.25, -0.2) is 4.39 Å². The first-order valence-corrected chi connectivity index (χ1v) is 6.87. The Bertz CT molecular complexity index is 691. The number of hydrogen-bond acceptors (Lipinski definition) is 2. The number of benzene rings is 2. The number of carbonyl (C=O) groups excluding carboxylic acids is 1. The molecule has 0 bridgehead atoms. The summed E-state index contributed by atoms with van der Waals surface area (Å²) >= 11 is 8.87. The number of nitrogens with two attached hydrogens (primary N) is 1. The van der Waals surface area contributed by atoms with Crippen LogP contribution in [0.5, 0.6) is 0 Å². The van der Waals surface area contributed by atoms with Crippen LogP contribution in [0, 0.1) is 12.7 Å². The van der Waals surface area contributed by atoms with Gasteiger partial charge in [0.05, 0.1) is 10.0 Å². The van der Waals surface area contributed by atoms with Crippen molar-refractivity contribution in [1.82, 2.24) is 0 Å². The largest absolute Gasteiger partial charge is 0.398 e. The zero-order valence-corrected chi connectivity index (χ0v) is 12.8. The number of hydrogen-bond donors (Lipinski definition) is 2. The van der Waals surface area contributed by atoms with Crippen molar-refractivity contribution in [3.63, 3.8) is 0 Å². The average Bonchev–Trinajstić information content (AvgIpc) is 2.35. The quantitative estimate of drug-likeness (QED) is 0.783. The maximum absolute atomic E-state index is 13.3. The summed E-state index contributed by atoms with van der Waals surface area (Å²) in [5.41, 5.74) is 7.48. The molecule has 0 fully saturated rings. The number of amides is 1. The highest BCUT2D eigenvalue weighted by Crippen LogP contribution is 2.25. The minimum atomic E-state index is -0.383. The van der Waals surface area contributed by atoms with Gasteiger partial charge in [-0.15, -0.1) is 0 Å². The van der Waals surface area contributed by atoms with Crippen molar-refractivity contribution >= 4 is 44.8 Å². The van der Waals surface area contributed by atoms with Gasteiger partial charge >= 0.3 is 0 Å². The van der Waals surface area contributed by atoms with Gasteiger partial charge in [-0.05, 0) is 58.7 Å². The predicted molar refractivity (Wildman–Crippen MR) is 82.7 cm³/mol. The Labute approximate surface area is 129 Å². The van der Waals surface area contributed by atoms with Gasteiger partial charge in [0.2, 0.25) is 0 Å². The van der Waals surface area contributed by atoms with E-state index in [0.29, 0.717) is 21.8 Å². The third-order valence-corrected chi connectivity index (χ3v) is 3.62. The Morgan fingerprint density at radius 2 is 2.05 bits per heavy atom. The van der Waals surface area contributed by atoms with Crippen molar-refractivity contribution in [2.45, 2.75) is 6.92 Å². The Morgan fingerprint density at radius 1 is 1.35 bits per heavy atom. The summed E-state index contributed by atoms with van der Waals surface area (Å²) in [5.74, 6) is -0.757. The van der Waals surface area contributed by atoms with E-state index >= 15 is 0 Å². The van der Waals surface area contributed by atoms with Crippen molar-refractivity contribution in [2.75, 3.05) is 11.1 Å². The molecule has 2 aromatic rings. The SMILES string of the molecule is Cc1cc(F)c(Br)cc1NC(=O)c1ccc(Cl)cc1N. The lowest BCUT2D eigenvalue weighted by Gasteiger charge is -2.11. The van der Waals surface area contributed by atoms with Gasteiger partial charge in [0.1, 0.15) is 5.82 Å². The number of rotatable bonds is 2. The van der Waals surface area contributed by atoms with Crippen LogP contribution in [0.4, 0.5) is 15.8 Å². The summed E-state index contributed by atoms with van der Waals surface area (Å²) in [5, 5.41) is 3.15. The lowest BCUT2D eigenvalue weighted by atomic mass is 10.1. The molecular weight excluding hydrogens is 347 g/mol. The summed E-state index contributed by atoms with van der Waals surface area (Å²) in [6, 6.07) is 7.48. The molecule has 0 atom stereocenters. The standard InChI is InChI=1S/C14H11BrClFN2O/c1-7-4-11(17)10(15)6-13(7)19-14(20)9-3-2-8(16)5-12(9)18/h2-6H,18H2,1H3,(H,19,20). The molecule has 2 aromatic carbocycles. The number of carbonyl (C=O) groups is 1. The molecule has 0 heterocycles. The molecule has 104 valence electrons. The lowest BCUT2D eigenvalue weighted by molar-refractivity contribution is 0.102. The van der Waals surface area contributed by atoms with Crippen molar-refractivity contribution in [1.29, 1.82) is 0 Å². The summed E-state index contributed by atoms with van der Waals surface area (Å²) in [6.45, 7) is 1.70. The van der Waals surface area contributed by atoms with Crippen LogP contribution in [-0.4, -0.2) is 5.91 Å². The highest BCUT2D eigenvalue weighted by Gasteiger charge is 2.13. The van der Waals surface area contributed by atoms with Crippen LogP contribution in [-0.2, 0) is 0 Å². The zero-order valence-electron chi connectivity index (χ0n) is 10.5. The maximum Gasteiger partial charge on any atom is 0.257 e. The van der Waals surface area contributed by atoms with E-state index in [1.807, 2.05) is 0 Å². The molecule has 3 nitrogen and oxygen atoms in total. The van der Waals surface area contributed by atoms with E-state index in [1.165, 1.54) is 18.2 Å². The second kappa shape index (κ2) is 5.81. The number of nitrogen functional groups attached to an aromatic ring is 1. The Balaban J connectivity index is 2.30. The number of halogens is 3. The molecule has 20 heavy (non-hydrogen) atoms. The normalized spacial score (nSPS) is 10.4. The van der Waals surface area contributed by atoms with Gasteiger partial charge in [0, 0.05) is 16.4 Å². The lowest BCUT2D eigenvalue weighted by Crippen LogP contribution is -2.15.